The van der Waals surface area contributed by atoms with Gasteiger partial charge in [0.1, 0.15) is 16.8 Å². The van der Waals surface area contributed by atoms with Gasteiger partial charge in [-0.2, -0.15) is 10.4 Å². The van der Waals surface area contributed by atoms with Gasteiger partial charge in [-0.05, 0) is 61.4 Å². The van der Waals surface area contributed by atoms with E-state index in [9.17, 15) is 10.1 Å². The van der Waals surface area contributed by atoms with E-state index in [0.29, 0.717) is 51.6 Å². The van der Waals surface area contributed by atoms with Crippen LogP contribution >= 0.6 is 23.2 Å². The lowest BCUT2D eigenvalue weighted by molar-refractivity contribution is -0.117. The predicted octanol–water partition coefficient (Wildman–Crippen LogP) is 4.77. The molecule has 0 aliphatic rings. The van der Waals surface area contributed by atoms with Crippen LogP contribution in [-0.2, 0) is 11.2 Å². The summed E-state index contributed by atoms with van der Waals surface area (Å²) in [6.45, 7) is 2.10. The molecule has 3 aromatic rings. The molecule has 33 heavy (non-hydrogen) atoms. The van der Waals surface area contributed by atoms with Crippen LogP contribution in [0.4, 0.5) is 0 Å². The number of aryl methyl sites for hydroxylation is 1. The molecule has 0 saturated carbocycles. The van der Waals surface area contributed by atoms with Crippen LogP contribution in [0.2, 0.25) is 10.2 Å². The number of ether oxygens (including phenoxy) is 2. The van der Waals surface area contributed by atoms with Gasteiger partial charge in [-0.25, -0.2) is 4.68 Å². The topological polar surface area (TPSA) is 89.2 Å². The Hall–Kier alpha value is -3.47. The number of halogens is 2. The Kier molecular flexibility index (Phi) is 7.99. The maximum absolute atomic E-state index is 12.6. The summed E-state index contributed by atoms with van der Waals surface area (Å²) in [6.07, 6.45) is 2.00. The third-order valence-electron chi connectivity index (χ3n) is 4.92. The Morgan fingerprint density at radius 3 is 2.48 bits per heavy atom. The van der Waals surface area contributed by atoms with Crippen molar-refractivity contribution in [2.75, 3.05) is 20.8 Å². The van der Waals surface area contributed by atoms with Crippen LogP contribution in [0.5, 0.6) is 11.5 Å². The lowest BCUT2D eigenvalue weighted by Crippen LogP contribution is -2.26. The molecule has 1 amide bonds. The Morgan fingerprint density at radius 2 is 1.85 bits per heavy atom. The second kappa shape index (κ2) is 10.9. The highest BCUT2D eigenvalue weighted by Gasteiger charge is 2.17. The van der Waals surface area contributed by atoms with E-state index in [1.54, 1.807) is 51.5 Å². The lowest BCUT2D eigenvalue weighted by Gasteiger charge is -2.10. The van der Waals surface area contributed by atoms with Gasteiger partial charge in [0.15, 0.2) is 11.5 Å². The van der Waals surface area contributed by atoms with E-state index in [-0.39, 0.29) is 5.57 Å². The highest BCUT2D eigenvalue weighted by atomic mass is 35.5. The summed E-state index contributed by atoms with van der Waals surface area (Å²) < 4.78 is 12.1. The van der Waals surface area contributed by atoms with E-state index < -0.39 is 5.91 Å². The number of amides is 1. The molecule has 0 saturated heterocycles. The first-order chi connectivity index (χ1) is 15.9. The van der Waals surface area contributed by atoms with Crippen molar-refractivity contribution in [3.8, 4) is 23.3 Å². The molecule has 1 aromatic heterocycles. The van der Waals surface area contributed by atoms with Crippen molar-refractivity contribution in [3.05, 3.63) is 75.0 Å². The Balaban J connectivity index is 1.72. The molecule has 0 atom stereocenters. The quantitative estimate of drug-likeness (QED) is 0.367. The van der Waals surface area contributed by atoms with Crippen LogP contribution in [0.15, 0.2) is 48.0 Å². The van der Waals surface area contributed by atoms with Crippen molar-refractivity contribution in [1.82, 2.24) is 15.1 Å². The van der Waals surface area contributed by atoms with Crippen molar-refractivity contribution < 1.29 is 14.3 Å². The molecule has 0 unspecified atom stereocenters. The molecule has 7 nitrogen and oxygen atoms in total. The summed E-state index contributed by atoms with van der Waals surface area (Å²) in [5.41, 5.74) is 2.69. The van der Waals surface area contributed by atoms with E-state index in [0.717, 1.165) is 5.56 Å². The minimum Gasteiger partial charge on any atom is -0.493 e. The average Bonchev–Trinajstić information content (AvgIpc) is 3.10. The largest absolute Gasteiger partial charge is 0.493 e. The molecule has 0 aliphatic heterocycles. The van der Waals surface area contributed by atoms with Gasteiger partial charge in [-0.3, -0.25) is 4.79 Å². The molecule has 9 heteroatoms. The monoisotopic (exact) mass is 484 g/mol. The van der Waals surface area contributed by atoms with Gasteiger partial charge in [0.05, 0.1) is 25.6 Å². The third-order valence-corrected chi connectivity index (χ3v) is 5.54. The SMILES string of the molecule is COc1ccc(CCNC(=O)C(C#N)=Cc2c(C)nn(-c3ccc(Cl)cc3)c2Cl)cc1OC. The van der Waals surface area contributed by atoms with Gasteiger partial charge >= 0.3 is 0 Å². The van der Waals surface area contributed by atoms with Crippen LogP contribution in [0, 0.1) is 18.3 Å². The molecular formula is C24H22Cl2N4O3. The van der Waals surface area contributed by atoms with E-state index in [4.69, 9.17) is 32.7 Å². The summed E-state index contributed by atoms with van der Waals surface area (Å²) in [6, 6.07) is 14.5. The molecule has 1 N–H and O–H groups in total. The van der Waals surface area contributed by atoms with Gasteiger partial charge in [0.25, 0.3) is 5.91 Å². The van der Waals surface area contributed by atoms with E-state index in [1.165, 1.54) is 10.8 Å². The van der Waals surface area contributed by atoms with Gasteiger partial charge < -0.3 is 14.8 Å². The van der Waals surface area contributed by atoms with Crippen LogP contribution in [0.25, 0.3) is 11.8 Å². The molecule has 0 radical (unpaired) electrons. The normalized spacial score (nSPS) is 11.1. The molecular weight excluding hydrogens is 463 g/mol. The first kappa shape index (κ1) is 24.2. The second-order valence-electron chi connectivity index (χ2n) is 7.04. The van der Waals surface area contributed by atoms with E-state index in [1.807, 2.05) is 18.2 Å². The molecule has 1 heterocycles. The first-order valence-corrected chi connectivity index (χ1v) is 10.8. The number of carbonyl (C=O) groups is 1. The fraction of sp³-hybridized carbons (Fsp3) is 0.208. The molecule has 0 spiro atoms. The number of aromatic nitrogens is 2. The number of nitrogens with zero attached hydrogens (tertiary/aromatic N) is 3. The van der Waals surface area contributed by atoms with Gasteiger partial charge in [0, 0.05) is 17.1 Å². The zero-order valence-corrected chi connectivity index (χ0v) is 19.9. The van der Waals surface area contributed by atoms with Crippen LogP contribution in [0.1, 0.15) is 16.8 Å². The molecule has 0 fully saturated rings. The van der Waals surface area contributed by atoms with Gasteiger partial charge in [-0.1, -0.05) is 29.3 Å². The molecule has 3 rings (SSSR count). The zero-order valence-electron chi connectivity index (χ0n) is 18.4. The lowest BCUT2D eigenvalue weighted by atomic mass is 10.1. The van der Waals surface area contributed by atoms with Crippen molar-refractivity contribution >= 4 is 35.2 Å². The number of hydrogen-bond acceptors (Lipinski definition) is 5. The molecule has 0 bridgehead atoms. The van der Waals surface area contributed by atoms with Crippen molar-refractivity contribution in [3.63, 3.8) is 0 Å². The third kappa shape index (κ3) is 5.67. The summed E-state index contributed by atoms with van der Waals surface area (Å²) in [5, 5.41) is 17.6. The number of methoxy groups -OCH3 is 2. The molecule has 170 valence electrons. The summed E-state index contributed by atoms with van der Waals surface area (Å²) in [5.74, 6) is 0.751. The first-order valence-electron chi connectivity index (χ1n) is 10.00. The Morgan fingerprint density at radius 1 is 1.15 bits per heavy atom. The summed E-state index contributed by atoms with van der Waals surface area (Å²) in [7, 11) is 3.14. The van der Waals surface area contributed by atoms with Gasteiger partial charge in [-0.15, -0.1) is 0 Å². The Labute approximate surface area is 202 Å². The van der Waals surface area contributed by atoms with Crippen molar-refractivity contribution in [1.29, 1.82) is 5.26 Å². The van der Waals surface area contributed by atoms with Crippen molar-refractivity contribution in [2.45, 2.75) is 13.3 Å². The fourth-order valence-corrected chi connectivity index (χ4v) is 3.63. The summed E-state index contributed by atoms with van der Waals surface area (Å²) in [4.78, 5) is 12.6. The van der Waals surface area contributed by atoms with Crippen LogP contribution < -0.4 is 14.8 Å². The zero-order chi connectivity index (χ0) is 24.0. The maximum Gasteiger partial charge on any atom is 0.261 e. The highest BCUT2D eigenvalue weighted by molar-refractivity contribution is 6.31. The number of hydrogen-bond donors (Lipinski definition) is 1. The average molecular weight is 485 g/mol. The van der Waals surface area contributed by atoms with E-state index >= 15 is 0 Å². The van der Waals surface area contributed by atoms with Crippen LogP contribution in [-0.4, -0.2) is 36.5 Å². The fourth-order valence-electron chi connectivity index (χ4n) is 3.17. The standard InChI is InChI=1S/C24H22Cl2N4O3/c1-15-20(23(26)30(29-15)19-7-5-18(25)6-8-19)13-17(14-27)24(31)28-11-10-16-4-9-21(32-2)22(12-16)33-3/h4-9,12-13H,10-11H2,1-3H3,(H,28,31). The minimum absolute atomic E-state index is 0.0667. The van der Waals surface area contributed by atoms with E-state index in [2.05, 4.69) is 10.4 Å². The van der Waals surface area contributed by atoms with Gasteiger partial charge in [0.2, 0.25) is 0 Å². The predicted molar refractivity (Wildman–Crippen MR) is 128 cm³/mol. The number of benzene rings is 2. The molecule has 2 aromatic carbocycles. The number of nitriles is 1. The summed E-state index contributed by atoms with van der Waals surface area (Å²) >= 11 is 12.4. The maximum atomic E-state index is 12.6. The number of rotatable bonds is 8. The second-order valence-corrected chi connectivity index (χ2v) is 7.84. The van der Waals surface area contributed by atoms with Crippen LogP contribution in [0.3, 0.4) is 0 Å². The van der Waals surface area contributed by atoms with Crippen molar-refractivity contribution in [2.24, 2.45) is 0 Å². The number of carbonyl (C=O) groups excluding carboxylic acids is 1. The molecule has 0 aliphatic carbocycles. The minimum atomic E-state index is -0.493. The highest BCUT2D eigenvalue weighted by Crippen LogP contribution is 2.28. The smallest absolute Gasteiger partial charge is 0.261 e. The Bertz CT molecular complexity index is 1230. The number of nitrogens with one attached hydrogen (secondary N) is 1.